The normalized spacial score (nSPS) is 12.2. The van der Waals surface area contributed by atoms with Gasteiger partial charge in [-0.1, -0.05) is 29.3 Å². The van der Waals surface area contributed by atoms with E-state index in [4.69, 9.17) is 33.8 Å². The lowest BCUT2D eigenvalue weighted by atomic mass is 10.1. The zero-order valence-electron chi connectivity index (χ0n) is 10.7. The Bertz CT molecular complexity index is 566. The van der Waals surface area contributed by atoms with Crippen LogP contribution in [0.2, 0.25) is 10.0 Å². The van der Waals surface area contributed by atoms with Crippen LogP contribution in [0.4, 0.5) is 0 Å². The zero-order valence-corrected chi connectivity index (χ0v) is 12.2. The first-order chi connectivity index (χ1) is 9.69. The third kappa shape index (κ3) is 4.35. The summed E-state index contributed by atoms with van der Waals surface area (Å²) in [6.07, 6.45) is 3.97. The van der Waals surface area contributed by atoms with Gasteiger partial charge in [0.1, 0.15) is 12.4 Å². The molecule has 1 unspecified atom stereocenters. The SMILES string of the molecule is NNC(COc1cccc(Cl)c1)Cc1ccncc1Cl. The summed E-state index contributed by atoms with van der Waals surface area (Å²) in [5, 5.41) is 1.26. The number of hydrogen-bond acceptors (Lipinski definition) is 4. The van der Waals surface area contributed by atoms with E-state index in [1.54, 1.807) is 24.5 Å². The van der Waals surface area contributed by atoms with Crippen molar-refractivity contribution in [3.63, 3.8) is 0 Å². The average molecular weight is 312 g/mol. The summed E-state index contributed by atoms with van der Waals surface area (Å²) in [5.74, 6) is 6.26. The summed E-state index contributed by atoms with van der Waals surface area (Å²) in [7, 11) is 0. The van der Waals surface area contributed by atoms with E-state index in [1.165, 1.54) is 0 Å². The summed E-state index contributed by atoms with van der Waals surface area (Å²) in [5.41, 5.74) is 3.70. The van der Waals surface area contributed by atoms with Gasteiger partial charge in [-0.2, -0.15) is 0 Å². The Morgan fingerprint density at radius 1 is 1.30 bits per heavy atom. The number of rotatable bonds is 6. The summed E-state index contributed by atoms with van der Waals surface area (Å²) < 4.78 is 5.67. The molecule has 106 valence electrons. The topological polar surface area (TPSA) is 60.2 Å². The van der Waals surface area contributed by atoms with Gasteiger partial charge in [0.2, 0.25) is 0 Å². The van der Waals surface area contributed by atoms with Gasteiger partial charge in [-0.3, -0.25) is 16.3 Å². The van der Waals surface area contributed by atoms with Crippen LogP contribution in [-0.4, -0.2) is 17.6 Å². The number of nitrogens with two attached hydrogens (primary N) is 1. The summed E-state index contributed by atoms with van der Waals surface area (Å²) in [4.78, 5) is 3.95. The number of nitrogens with zero attached hydrogens (tertiary/aromatic N) is 1. The first kappa shape index (κ1) is 15.1. The van der Waals surface area contributed by atoms with Gasteiger partial charge in [0.25, 0.3) is 0 Å². The molecule has 2 rings (SSSR count). The molecule has 0 spiro atoms. The summed E-state index contributed by atoms with van der Waals surface area (Å²) in [6, 6.07) is 9.04. The lowest BCUT2D eigenvalue weighted by Gasteiger charge is -2.17. The Morgan fingerprint density at radius 2 is 2.15 bits per heavy atom. The van der Waals surface area contributed by atoms with Gasteiger partial charge in [0, 0.05) is 17.4 Å². The van der Waals surface area contributed by atoms with E-state index in [9.17, 15) is 0 Å². The van der Waals surface area contributed by atoms with E-state index in [0.29, 0.717) is 28.8 Å². The van der Waals surface area contributed by atoms with Crippen LogP contribution in [-0.2, 0) is 6.42 Å². The molecule has 0 aliphatic heterocycles. The second kappa shape index (κ2) is 7.45. The molecule has 4 nitrogen and oxygen atoms in total. The molecule has 1 aromatic carbocycles. The van der Waals surface area contributed by atoms with Crippen LogP contribution in [0.1, 0.15) is 5.56 Å². The number of ether oxygens (including phenoxy) is 1. The van der Waals surface area contributed by atoms with Gasteiger partial charge < -0.3 is 4.74 Å². The third-order valence-corrected chi connectivity index (χ3v) is 3.38. The van der Waals surface area contributed by atoms with Crippen molar-refractivity contribution < 1.29 is 4.74 Å². The fraction of sp³-hybridized carbons (Fsp3) is 0.214. The number of hydrogen-bond donors (Lipinski definition) is 2. The van der Waals surface area contributed by atoms with Crippen LogP contribution in [0.15, 0.2) is 42.7 Å². The Kier molecular flexibility index (Phi) is 5.61. The Morgan fingerprint density at radius 3 is 2.85 bits per heavy atom. The standard InChI is InChI=1S/C14H15Cl2N3O/c15-11-2-1-3-13(7-11)20-9-12(19-17)6-10-4-5-18-8-14(10)16/h1-5,7-8,12,19H,6,9,17H2. The van der Waals surface area contributed by atoms with Crippen molar-refractivity contribution in [2.24, 2.45) is 5.84 Å². The molecule has 1 aromatic heterocycles. The predicted octanol–water partition coefficient (Wildman–Crippen LogP) is 2.84. The molecule has 1 atom stereocenters. The highest BCUT2D eigenvalue weighted by Crippen LogP contribution is 2.18. The lowest BCUT2D eigenvalue weighted by molar-refractivity contribution is 0.264. The number of nitrogens with one attached hydrogen (secondary N) is 1. The first-order valence-corrected chi connectivity index (χ1v) is 6.87. The minimum absolute atomic E-state index is 0.0612. The molecule has 0 aliphatic carbocycles. The molecule has 0 saturated carbocycles. The minimum atomic E-state index is -0.0612. The Balaban J connectivity index is 1.94. The highest BCUT2D eigenvalue weighted by Gasteiger charge is 2.11. The van der Waals surface area contributed by atoms with Gasteiger partial charge in [0.05, 0.1) is 11.1 Å². The van der Waals surface area contributed by atoms with Crippen molar-refractivity contribution in [1.82, 2.24) is 10.4 Å². The van der Waals surface area contributed by atoms with Crippen LogP contribution in [0.3, 0.4) is 0 Å². The Hall–Kier alpha value is -1.33. The highest BCUT2D eigenvalue weighted by molar-refractivity contribution is 6.31. The second-order valence-electron chi connectivity index (χ2n) is 4.30. The maximum Gasteiger partial charge on any atom is 0.120 e. The summed E-state index contributed by atoms with van der Waals surface area (Å²) in [6.45, 7) is 0.412. The molecule has 0 aliphatic rings. The molecule has 0 fully saturated rings. The van der Waals surface area contributed by atoms with Gasteiger partial charge >= 0.3 is 0 Å². The van der Waals surface area contributed by atoms with Gasteiger partial charge in [0.15, 0.2) is 0 Å². The largest absolute Gasteiger partial charge is 0.492 e. The second-order valence-corrected chi connectivity index (χ2v) is 5.15. The fourth-order valence-corrected chi connectivity index (χ4v) is 2.13. The number of halogens is 2. The van der Waals surface area contributed by atoms with Crippen molar-refractivity contribution in [3.8, 4) is 5.75 Å². The van der Waals surface area contributed by atoms with E-state index in [0.717, 1.165) is 5.56 Å². The number of benzene rings is 1. The molecule has 0 radical (unpaired) electrons. The first-order valence-electron chi connectivity index (χ1n) is 6.12. The van der Waals surface area contributed by atoms with E-state index in [-0.39, 0.29) is 6.04 Å². The van der Waals surface area contributed by atoms with Crippen molar-refractivity contribution in [3.05, 3.63) is 58.3 Å². The van der Waals surface area contributed by atoms with Crippen LogP contribution >= 0.6 is 23.2 Å². The quantitative estimate of drug-likeness (QED) is 0.636. The minimum Gasteiger partial charge on any atom is -0.492 e. The van der Waals surface area contributed by atoms with Crippen LogP contribution in [0, 0.1) is 0 Å². The van der Waals surface area contributed by atoms with Gasteiger partial charge in [-0.05, 0) is 36.2 Å². The number of pyridine rings is 1. The maximum absolute atomic E-state index is 6.07. The van der Waals surface area contributed by atoms with Gasteiger partial charge in [-0.15, -0.1) is 0 Å². The molecule has 20 heavy (non-hydrogen) atoms. The fourth-order valence-electron chi connectivity index (χ4n) is 1.75. The molecular weight excluding hydrogens is 297 g/mol. The van der Waals surface area contributed by atoms with E-state index in [2.05, 4.69) is 10.4 Å². The Labute approximate surface area is 127 Å². The molecule has 0 amide bonds. The predicted molar refractivity (Wildman–Crippen MR) is 81.0 cm³/mol. The average Bonchev–Trinajstić information content (AvgIpc) is 2.45. The molecule has 0 saturated heterocycles. The third-order valence-electron chi connectivity index (χ3n) is 2.81. The molecule has 6 heteroatoms. The lowest BCUT2D eigenvalue weighted by Crippen LogP contribution is -2.41. The van der Waals surface area contributed by atoms with E-state index in [1.807, 2.05) is 18.2 Å². The van der Waals surface area contributed by atoms with Crippen molar-refractivity contribution >= 4 is 23.2 Å². The van der Waals surface area contributed by atoms with Crippen LogP contribution in [0.25, 0.3) is 0 Å². The van der Waals surface area contributed by atoms with Crippen molar-refractivity contribution in [2.45, 2.75) is 12.5 Å². The maximum atomic E-state index is 6.07. The van der Waals surface area contributed by atoms with Crippen LogP contribution in [0.5, 0.6) is 5.75 Å². The molecule has 1 heterocycles. The van der Waals surface area contributed by atoms with E-state index < -0.39 is 0 Å². The van der Waals surface area contributed by atoms with E-state index >= 15 is 0 Å². The zero-order chi connectivity index (χ0) is 14.4. The molecule has 2 aromatic rings. The molecule has 3 N–H and O–H groups in total. The number of aromatic nitrogens is 1. The molecule has 0 bridgehead atoms. The highest BCUT2D eigenvalue weighted by atomic mass is 35.5. The number of hydrazine groups is 1. The smallest absolute Gasteiger partial charge is 0.120 e. The summed E-state index contributed by atoms with van der Waals surface area (Å²) >= 11 is 12.0. The van der Waals surface area contributed by atoms with Gasteiger partial charge in [-0.25, -0.2) is 0 Å². The van der Waals surface area contributed by atoms with Crippen LogP contribution < -0.4 is 16.0 Å². The monoisotopic (exact) mass is 311 g/mol. The van der Waals surface area contributed by atoms with Crippen molar-refractivity contribution in [2.75, 3.05) is 6.61 Å². The molecular formula is C14H15Cl2N3O. The van der Waals surface area contributed by atoms with Crippen molar-refractivity contribution in [1.29, 1.82) is 0 Å².